The molecule has 0 saturated carbocycles. The predicted octanol–water partition coefficient (Wildman–Crippen LogP) is 3.62. The van der Waals surface area contributed by atoms with E-state index in [1.165, 1.54) is 12.1 Å². The standard InChI is InChI=1S/C12H7Cl2F3N2O/c13-7-4-5-10(14)18-8(7)6-19-9(12(15,16)17)2-1-3-11(19)20/h1-5H,6H2. The summed E-state index contributed by atoms with van der Waals surface area (Å²) in [4.78, 5) is 15.5. The van der Waals surface area contributed by atoms with Gasteiger partial charge < -0.3 is 0 Å². The Hall–Kier alpha value is -1.53. The Labute approximate surface area is 121 Å². The van der Waals surface area contributed by atoms with E-state index in [1.807, 2.05) is 0 Å². The summed E-state index contributed by atoms with van der Waals surface area (Å²) in [5.41, 5.74) is -1.77. The topological polar surface area (TPSA) is 34.9 Å². The number of aromatic nitrogens is 2. The van der Waals surface area contributed by atoms with Gasteiger partial charge in [0.1, 0.15) is 10.8 Å². The Morgan fingerprint density at radius 3 is 2.50 bits per heavy atom. The summed E-state index contributed by atoms with van der Waals surface area (Å²) in [7, 11) is 0. The molecule has 0 fully saturated rings. The summed E-state index contributed by atoms with van der Waals surface area (Å²) in [6, 6.07) is 5.72. The van der Waals surface area contributed by atoms with Gasteiger partial charge in [-0.3, -0.25) is 9.36 Å². The first kappa shape index (κ1) is 14.9. The van der Waals surface area contributed by atoms with E-state index >= 15 is 0 Å². The maximum Gasteiger partial charge on any atom is 0.431 e. The minimum absolute atomic E-state index is 0.0851. The Bertz CT molecular complexity index is 698. The zero-order valence-electron chi connectivity index (χ0n) is 9.79. The van der Waals surface area contributed by atoms with Crippen molar-refractivity contribution < 1.29 is 13.2 Å². The largest absolute Gasteiger partial charge is 0.431 e. The lowest BCUT2D eigenvalue weighted by Gasteiger charge is -2.15. The normalized spacial score (nSPS) is 11.7. The zero-order chi connectivity index (χ0) is 14.9. The van der Waals surface area contributed by atoms with Gasteiger partial charge >= 0.3 is 6.18 Å². The van der Waals surface area contributed by atoms with E-state index in [-0.39, 0.29) is 15.9 Å². The van der Waals surface area contributed by atoms with Gasteiger partial charge in [-0.25, -0.2) is 4.98 Å². The Balaban J connectivity index is 2.54. The fraction of sp³-hybridized carbons (Fsp3) is 0.167. The number of alkyl halides is 3. The van der Waals surface area contributed by atoms with Crippen molar-refractivity contribution in [3.8, 4) is 0 Å². The van der Waals surface area contributed by atoms with Crippen LogP contribution in [0.5, 0.6) is 0 Å². The van der Waals surface area contributed by atoms with E-state index in [0.717, 1.165) is 18.2 Å². The van der Waals surface area contributed by atoms with Crippen LogP contribution in [-0.2, 0) is 12.7 Å². The minimum atomic E-state index is -4.65. The molecule has 0 bridgehead atoms. The molecule has 0 radical (unpaired) electrons. The van der Waals surface area contributed by atoms with Crippen molar-refractivity contribution in [1.82, 2.24) is 9.55 Å². The highest BCUT2D eigenvalue weighted by atomic mass is 35.5. The van der Waals surface area contributed by atoms with Crippen LogP contribution in [0.2, 0.25) is 10.2 Å². The van der Waals surface area contributed by atoms with Crippen LogP contribution in [0.1, 0.15) is 11.4 Å². The van der Waals surface area contributed by atoms with Gasteiger partial charge in [-0.1, -0.05) is 29.3 Å². The van der Waals surface area contributed by atoms with Gasteiger partial charge in [-0.2, -0.15) is 13.2 Å². The first-order chi connectivity index (χ1) is 9.29. The average molecular weight is 323 g/mol. The highest BCUT2D eigenvalue weighted by Gasteiger charge is 2.34. The third kappa shape index (κ3) is 3.13. The van der Waals surface area contributed by atoms with Crippen LogP contribution in [-0.4, -0.2) is 9.55 Å². The molecule has 20 heavy (non-hydrogen) atoms. The van der Waals surface area contributed by atoms with Crippen molar-refractivity contribution in [3.63, 3.8) is 0 Å². The van der Waals surface area contributed by atoms with Crippen LogP contribution in [0, 0.1) is 0 Å². The predicted molar refractivity (Wildman–Crippen MR) is 69.1 cm³/mol. The molecule has 0 aliphatic rings. The summed E-state index contributed by atoms with van der Waals surface area (Å²) in [6.07, 6.45) is -4.65. The van der Waals surface area contributed by atoms with Gasteiger partial charge in [0.05, 0.1) is 17.3 Å². The average Bonchev–Trinajstić information content (AvgIpc) is 2.35. The molecule has 0 saturated heterocycles. The van der Waals surface area contributed by atoms with E-state index < -0.39 is 24.0 Å². The molecule has 0 unspecified atom stereocenters. The molecule has 0 amide bonds. The van der Waals surface area contributed by atoms with E-state index in [4.69, 9.17) is 23.2 Å². The Morgan fingerprint density at radius 2 is 1.85 bits per heavy atom. The molecule has 106 valence electrons. The molecule has 2 aromatic heterocycles. The fourth-order valence-corrected chi connectivity index (χ4v) is 1.98. The second-order valence-electron chi connectivity index (χ2n) is 3.90. The molecule has 2 aromatic rings. The smallest absolute Gasteiger partial charge is 0.298 e. The van der Waals surface area contributed by atoms with Crippen LogP contribution in [0.3, 0.4) is 0 Å². The van der Waals surface area contributed by atoms with Gasteiger partial charge in [-0.05, 0) is 18.2 Å². The van der Waals surface area contributed by atoms with Crippen molar-refractivity contribution >= 4 is 23.2 Å². The lowest BCUT2D eigenvalue weighted by Crippen LogP contribution is -2.28. The monoisotopic (exact) mass is 322 g/mol. The highest BCUT2D eigenvalue weighted by Crippen LogP contribution is 2.29. The van der Waals surface area contributed by atoms with Crippen LogP contribution < -0.4 is 5.56 Å². The van der Waals surface area contributed by atoms with Crippen molar-refractivity contribution in [2.45, 2.75) is 12.7 Å². The molecule has 0 aliphatic heterocycles. The SMILES string of the molecule is O=c1cccc(C(F)(F)F)n1Cc1nc(Cl)ccc1Cl. The number of hydrogen-bond acceptors (Lipinski definition) is 2. The van der Waals surface area contributed by atoms with Crippen molar-refractivity contribution in [2.75, 3.05) is 0 Å². The van der Waals surface area contributed by atoms with E-state index in [9.17, 15) is 18.0 Å². The van der Waals surface area contributed by atoms with Gasteiger partial charge in [-0.15, -0.1) is 0 Å². The summed E-state index contributed by atoms with van der Waals surface area (Å²) in [5, 5.41) is 0.222. The fourth-order valence-electron chi connectivity index (χ4n) is 1.65. The second-order valence-corrected chi connectivity index (χ2v) is 4.69. The van der Waals surface area contributed by atoms with Gasteiger partial charge in [0.25, 0.3) is 5.56 Å². The number of nitrogens with zero attached hydrogens (tertiary/aromatic N) is 2. The van der Waals surface area contributed by atoms with Crippen LogP contribution in [0.4, 0.5) is 13.2 Å². The van der Waals surface area contributed by atoms with Gasteiger partial charge in [0, 0.05) is 6.07 Å². The maximum atomic E-state index is 12.9. The van der Waals surface area contributed by atoms with E-state index in [0.29, 0.717) is 4.57 Å². The molecular weight excluding hydrogens is 316 g/mol. The molecule has 0 spiro atoms. The molecule has 8 heteroatoms. The zero-order valence-corrected chi connectivity index (χ0v) is 11.3. The summed E-state index contributed by atoms with van der Waals surface area (Å²) < 4.78 is 39.2. The Morgan fingerprint density at radius 1 is 1.15 bits per heavy atom. The summed E-state index contributed by atoms with van der Waals surface area (Å²) >= 11 is 11.5. The molecule has 0 atom stereocenters. The van der Waals surface area contributed by atoms with E-state index in [2.05, 4.69) is 4.98 Å². The molecule has 0 N–H and O–H groups in total. The highest BCUT2D eigenvalue weighted by molar-refractivity contribution is 6.32. The molecule has 0 aromatic carbocycles. The summed E-state index contributed by atoms with van der Waals surface area (Å²) in [6.45, 7) is -0.409. The van der Waals surface area contributed by atoms with E-state index in [1.54, 1.807) is 0 Å². The van der Waals surface area contributed by atoms with Crippen molar-refractivity contribution in [2.24, 2.45) is 0 Å². The number of halogens is 5. The minimum Gasteiger partial charge on any atom is -0.298 e. The van der Waals surface area contributed by atoms with Crippen molar-refractivity contribution in [1.29, 1.82) is 0 Å². The number of pyridine rings is 2. The van der Waals surface area contributed by atoms with Crippen LogP contribution in [0.15, 0.2) is 35.1 Å². The molecular formula is C12H7Cl2F3N2O. The molecule has 2 rings (SSSR count). The van der Waals surface area contributed by atoms with Crippen LogP contribution >= 0.6 is 23.2 Å². The Kier molecular flexibility index (Phi) is 4.06. The number of rotatable bonds is 2. The lowest BCUT2D eigenvalue weighted by molar-refractivity contribution is -0.144. The number of hydrogen-bond donors (Lipinski definition) is 0. The lowest BCUT2D eigenvalue weighted by atomic mass is 10.3. The molecule has 3 nitrogen and oxygen atoms in total. The molecule has 0 aliphatic carbocycles. The first-order valence-electron chi connectivity index (χ1n) is 5.37. The third-order valence-corrected chi connectivity index (χ3v) is 3.09. The summed E-state index contributed by atoms with van der Waals surface area (Å²) in [5.74, 6) is 0. The first-order valence-corrected chi connectivity index (χ1v) is 6.12. The maximum absolute atomic E-state index is 12.9. The molecule has 2 heterocycles. The second kappa shape index (κ2) is 5.46. The quantitative estimate of drug-likeness (QED) is 0.791. The van der Waals surface area contributed by atoms with Gasteiger partial charge in [0.15, 0.2) is 0 Å². The third-order valence-electron chi connectivity index (χ3n) is 2.53. The van der Waals surface area contributed by atoms with Crippen LogP contribution in [0.25, 0.3) is 0 Å². The van der Waals surface area contributed by atoms with Crippen molar-refractivity contribution in [3.05, 3.63) is 62.2 Å². The van der Waals surface area contributed by atoms with Gasteiger partial charge in [0.2, 0.25) is 0 Å².